The van der Waals surface area contributed by atoms with Crippen LogP contribution in [-0.2, 0) is 6.54 Å². The summed E-state index contributed by atoms with van der Waals surface area (Å²) in [4.78, 5) is 0. The third kappa shape index (κ3) is 2.40. The van der Waals surface area contributed by atoms with Crippen molar-refractivity contribution >= 4 is 12.4 Å². The van der Waals surface area contributed by atoms with Crippen LogP contribution in [0.2, 0.25) is 0 Å². The Morgan fingerprint density at radius 2 is 2.08 bits per heavy atom. The van der Waals surface area contributed by atoms with Gasteiger partial charge in [-0.3, -0.25) is 0 Å². The van der Waals surface area contributed by atoms with E-state index >= 15 is 0 Å². The second kappa shape index (κ2) is 5.01. The highest BCUT2D eigenvalue weighted by molar-refractivity contribution is 5.85. The molecule has 2 nitrogen and oxygen atoms in total. The fourth-order valence-electron chi connectivity index (χ4n) is 1.02. The minimum absolute atomic E-state index is 0. The zero-order valence-electron chi connectivity index (χ0n) is 7.33. The van der Waals surface area contributed by atoms with Crippen LogP contribution in [0.5, 0.6) is 5.75 Å². The van der Waals surface area contributed by atoms with E-state index in [9.17, 15) is 0 Å². The number of halogens is 1. The molecular formula is C9H14ClNO. The number of nitrogens with two attached hydrogens (primary N) is 1. The molecular weight excluding hydrogens is 174 g/mol. The molecule has 0 atom stereocenters. The number of aryl methyl sites for hydroxylation is 1. The van der Waals surface area contributed by atoms with Crippen LogP contribution in [0.4, 0.5) is 0 Å². The fourth-order valence-corrected chi connectivity index (χ4v) is 1.02. The summed E-state index contributed by atoms with van der Waals surface area (Å²) in [5.41, 5.74) is 7.74. The first-order chi connectivity index (χ1) is 5.27. The molecule has 68 valence electrons. The van der Waals surface area contributed by atoms with Gasteiger partial charge in [0, 0.05) is 12.1 Å². The maximum atomic E-state index is 5.50. The van der Waals surface area contributed by atoms with Crippen LogP contribution in [0.1, 0.15) is 11.1 Å². The first kappa shape index (κ1) is 11.3. The van der Waals surface area contributed by atoms with Gasteiger partial charge in [-0.25, -0.2) is 0 Å². The lowest BCUT2D eigenvalue weighted by Crippen LogP contribution is -1.99. The minimum Gasteiger partial charge on any atom is -0.496 e. The zero-order chi connectivity index (χ0) is 8.27. The van der Waals surface area contributed by atoms with Crippen molar-refractivity contribution in [2.45, 2.75) is 13.5 Å². The van der Waals surface area contributed by atoms with Crippen molar-refractivity contribution in [2.24, 2.45) is 5.73 Å². The van der Waals surface area contributed by atoms with E-state index in [-0.39, 0.29) is 12.4 Å². The molecule has 1 aromatic rings. The van der Waals surface area contributed by atoms with E-state index in [1.54, 1.807) is 7.11 Å². The predicted octanol–water partition coefficient (Wildman–Crippen LogP) is 1.88. The average molecular weight is 188 g/mol. The topological polar surface area (TPSA) is 35.2 Å². The van der Waals surface area contributed by atoms with Crippen molar-refractivity contribution in [2.75, 3.05) is 7.11 Å². The lowest BCUT2D eigenvalue weighted by Gasteiger charge is -2.06. The van der Waals surface area contributed by atoms with Gasteiger partial charge < -0.3 is 10.5 Å². The van der Waals surface area contributed by atoms with Crippen LogP contribution >= 0.6 is 12.4 Å². The van der Waals surface area contributed by atoms with Gasteiger partial charge >= 0.3 is 0 Å². The molecule has 2 N–H and O–H groups in total. The van der Waals surface area contributed by atoms with Gasteiger partial charge in [0.05, 0.1) is 7.11 Å². The highest BCUT2D eigenvalue weighted by Crippen LogP contribution is 2.18. The van der Waals surface area contributed by atoms with Crippen LogP contribution in [0.3, 0.4) is 0 Å². The Morgan fingerprint density at radius 1 is 1.42 bits per heavy atom. The zero-order valence-corrected chi connectivity index (χ0v) is 8.15. The van der Waals surface area contributed by atoms with Crippen molar-refractivity contribution in [3.05, 3.63) is 29.3 Å². The molecule has 0 aliphatic heterocycles. The maximum Gasteiger partial charge on any atom is 0.123 e. The smallest absolute Gasteiger partial charge is 0.123 e. The van der Waals surface area contributed by atoms with Gasteiger partial charge in [0.1, 0.15) is 5.75 Å². The molecule has 0 aliphatic rings. The molecule has 0 spiro atoms. The molecule has 12 heavy (non-hydrogen) atoms. The summed E-state index contributed by atoms with van der Waals surface area (Å²) in [6.45, 7) is 2.56. The summed E-state index contributed by atoms with van der Waals surface area (Å²) in [5, 5.41) is 0. The molecule has 3 heteroatoms. The van der Waals surface area contributed by atoms with Crippen LogP contribution in [0.25, 0.3) is 0 Å². The SMILES string of the molecule is COc1cc(C)ccc1CN.Cl. The first-order valence-corrected chi connectivity index (χ1v) is 3.61. The lowest BCUT2D eigenvalue weighted by molar-refractivity contribution is 0.409. The van der Waals surface area contributed by atoms with Gasteiger partial charge in [0.15, 0.2) is 0 Å². The van der Waals surface area contributed by atoms with E-state index in [1.165, 1.54) is 5.56 Å². The van der Waals surface area contributed by atoms with E-state index in [1.807, 2.05) is 25.1 Å². The average Bonchev–Trinajstić information content (AvgIpc) is 2.04. The number of rotatable bonds is 2. The lowest BCUT2D eigenvalue weighted by atomic mass is 10.1. The second-order valence-electron chi connectivity index (χ2n) is 2.52. The van der Waals surface area contributed by atoms with Crippen molar-refractivity contribution in [3.63, 3.8) is 0 Å². The largest absolute Gasteiger partial charge is 0.496 e. The number of hydrogen-bond acceptors (Lipinski definition) is 2. The molecule has 0 fully saturated rings. The van der Waals surface area contributed by atoms with Crippen molar-refractivity contribution < 1.29 is 4.74 Å². The Balaban J connectivity index is 0.00000121. The van der Waals surface area contributed by atoms with Gasteiger partial charge in [-0.2, -0.15) is 0 Å². The number of ether oxygens (including phenoxy) is 1. The molecule has 0 saturated heterocycles. The highest BCUT2D eigenvalue weighted by Gasteiger charge is 1.98. The Kier molecular flexibility index (Phi) is 4.71. The first-order valence-electron chi connectivity index (χ1n) is 3.61. The maximum absolute atomic E-state index is 5.50. The van der Waals surface area contributed by atoms with Gasteiger partial charge in [0.25, 0.3) is 0 Å². The van der Waals surface area contributed by atoms with E-state index in [4.69, 9.17) is 10.5 Å². The van der Waals surface area contributed by atoms with E-state index in [0.29, 0.717) is 6.54 Å². The molecule has 0 amide bonds. The highest BCUT2D eigenvalue weighted by atomic mass is 35.5. The number of hydrogen-bond donors (Lipinski definition) is 1. The summed E-state index contributed by atoms with van der Waals surface area (Å²) in [6.07, 6.45) is 0. The van der Waals surface area contributed by atoms with E-state index in [0.717, 1.165) is 11.3 Å². The third-order valence-electron chi connectivity index (χ3n) is 1.66. The van der Waals surface area contributed by atoms with E-state index < -0.39 is 0 Å². The normalized spacial score (nSPS) is 8.92. The molecule has 0 aliphatic carbocycles. The second-order valence-corrected chi connectivity index (χ2v) is 2.52. The summed E-state index contributed by atoms with van der Waals surface area (Å²) >= 11 is 0. The summed E-state index contributed by atoms with van der Waals surface area (Å²) in [6, 6.07) is 6.01. The van der Waals surface area contributed by atoms with Gasteiger partial charge in [-0.05, 0) is 18.6 Å². The molecule has 0 radical (unpaired) electrons. The summed E-state index contributed by atoms with van der Waals surface area (Å²) in [5.74, 6) is 0.882. The fraction of sp³-hybridized carbons (Fsp3) is 0.333. The number of methoxy groups -OCH3 is 1. The van der Waals surface area contributed by atoms with Gasteiger partial charge in [-0.1, -0.05) is 12.1 Å². The van der Waals surface area contributed by atoms with Crippen LogP contribution in [-0.4, -0.2) is 7.11 Å². The van der Waals surface area contributed by atoms with Crippen LogP contribution in [0, 0.1) is 6.92 Å². The molecule has 1 aromatic carbocycles. The van der Waals surface area contributed by atoms with Crippen molar-refractivity contribution in [1.82, 2.24) is 0 Å². The summed E-state index contributed by atoms with van der Waals surface area (Å²) < 4.78 is 5.14. The molecule has 0 bridgehead atoms. The van der Waals surface area contributed by atoms with Gasteiger partial charge in [0.2, 0.25) is 0 Å². The Hall–Kier alpha value is -0.730. The summed E-state index contributed by atoms with van der Waals surface area (Å²) in [7, 11) is 1.66. The molecule has 1 rings (SSSR count). The third-order valence-corrected chi connectivity index (χ3v) is 1.66. The molecule has 0 saturated carbocycles. The molecule has 0 unspecified atom stereocenters. The number of benzene rings is 1. The van der Waals surface area contributed by atoms with Crippen LogP contribution in [0.15, 0.2) is 18.2 Å². The Morgan fingerprint density at radius 3 is 2.58 bits per heavy atom. The van der Waals surface area contributed by atoms with Gasteiger partial charge in [-0.15, -0.1) is 12.4 Å². The minimum atomic E-state index is 0. The van der Waals surface area contributed by atoms with E-state index in [2.05, 4.69) is 0 Å². The van der Waals surface area contributed by atoms with Crippen molar-refractivity contribution in [3.8, 4) is 5.75 Å². The quantitative estimate of drug-likeness (QED) is 0.768. The Labute approximate surface area is 79.1 Å². The monoisotopic (exact) mass is 187 g/mol. The van der Waals surface area contributed by atoms with Crippen molar-refractivity contribution in [1.29, 1.82) is 0 Å². The molecule has 0 aromatic heterocycles. The Bertz CT molecular complexity index is 250. The molecule has 0 heterocycles. The predicted molar refractivity (Wildman–Crippen MR) is 52.9 cm³/mol. The van der Waals surface area contributed by atoms with Crippen LogP contribution < -0.4 is 10.5 Å². The standard InChI is InChI=1S/C9H13NO.ClH/c1-7-3-4-8(6-10)9(5-7)11-2;/h3-5H,6,10H2,1-2H3;1H.